The van der Waals surface area contributed by atoms with Crippen molar-refractivity contribution < 1.29 is 0 Å². The number of nitrogens with one attached hydrogen (secondary N) is 3. The third kappa shape index (κ3) is 3.99. The Kier molecular flexibility index (Phi) is 6.57. The molecule has 7 heteroatoms. The average molecular weight is 397 g/mol. The third-order valence-corrected chi connectivity index (χ3v) is 5.77. The van der Waals surface area contributed by atoms with Gasteiger partial charge in [-0.05, 0) is 39.4 Å². The fraction of sp³-hybridized carbons (Fsp3) is 0.381. The summed E-state index contributed by atoms with van der Waals surface area (Å²) in [7, 11) is 0. The van der Waals surface area contributed by atoms with E-state index in [1.54, 1.807) is 18.0 Å². The molecule has 2 aromatic rings. The molecule has 0 radical (unpaired) electrons. The van der Waals surface area contributed by atoms with Crippen LogP contribution in [0.3, 0.4) is 0 Å². The molecule has 2 aromatic heterocycles. The second-order valence-corrected chi connectivity index (χ2v) is 7.78. The van der Waals surface area contributed by atoms with Gasteiger partial charge in [0.2, 0.25) is 0 Å². The Labute approximate surface area is 171 Å². The maximum Gasteiger partial charge on any atom is 0.153 e. The Bertz CT molecular complexity index is 872. The van der Waals surface area contributed by atoms with E-state index in [0.29, 0.717) is 17.7 Å². The van der Waals surface area contributed by atoms with Gasteiger partial charge in [-0.1, -0.05) is 18.7 Å². The molecule has 0 aliphatic carbocycles. The predicted octanol–water partition coefficient (Wildman–Crippen LogP) is 5.29. The van der Waals surface area contributed by atoms with Crippen molar-refractivity contribution in [1.82, 2.24) is 15.2 Å². The SMILES string of the molecule is C=C(SC)c1c(C=N)c(Nc2cc[nH]n2)nc(N2CCCCC2C)c1/C=C\C. The molecule has 1 unspecified atom stereocenters. The fourth-order valence-electron chi connectivity index (χ4n) is 3.65. The zero-order chi connectivity index (χ0) is 20.1. The number of rotatable bonds is 7. The summed E-state index contributed by atoms with van der Waals surface area (Å²) in [6.45, 7) is 9.52. The number of anilines is 3. The van der Waals surface area contributed by atoms with E-state index in [4.69, 9.17) is 10.4 Å². The first-order valence-corrected chi connectivity index (χ1v) is 10.8. The minimum atomic E-state index is 0.421. The van der Waals surface area contributed by atoms with E-state index in [0.717, 1.165) is 46.8 Å². The predicted molar refractivity (Wildman–Crippen MR) is 122 cm³/mol. The number of piperidine rings is 1. The summed E-state index contributed by atoms with van der Waals surface area (Å²) in [5, 5.41) is 18.4. The molecule has 1 atom stereocenters. The molecule has 6 nitrogen and oxygen atoms in total. The lowest BCUT2D eigenvalue weighted by molar-refractivity contribution is 0.481. The number of hydrogen-bond donors (Lipinski definition) is 3. The highest BCUT2D eigenvalue weighted by molar-refractivity contribution is 8.07. The molecule has 1 aliphatic rings. The van der Waals surface area contributed by atoms with Crippen molar-refractivity contribution in [3.8, 4) is 0 Å². The second-order valence-electron chi connectivity index (χ2n) is 6.88. The molecule has 0 amide bonds. The number of aromatic nitrogens is 3. The highest BCUT2D eigenvalue weighted by Crippen LogP contribution is 2.39. The first-order chi connectivity index (χ1) is 13.6. The molecule has 0 saturated carbocycles. The first kappa shape index (κ1) is 20.2. The third-order valence-electron chi connectivity index (χ3n) is 5.08. The Morgan fingerprint density at radius 1 is 1.43 bits per heavy atom. The van der Waals surface area contributed by atoms with E-state index in [2.05, 4.69) is 40.0 Å². The van der Waals surface area contributed by atoms with Crippen LogP contribution in [0.1, 0.15) is 49.8 Å². The monoisotopic (exact) mass is 396 g/mol. The van der Waals surface area contributed by atoms with Gasteiger partial charge in [0.25, 0.3) is 0 Å². The number of thioether (sulfide) groups is 1. The molecule has 148 valence electrons. The zero-order valence-corrected chi connectivity index (χ0v) is 17.6. The molecular formula is C21H28N6S. The van der Waals surface area contributed by atoms with Crippen molar-refractivity contribution in [3.63, 3.8) is 0 Å². The molecular weight excluding hydrogens is 368 g/mol. The van der Waals surface area contributed by atoms with Crippen LogP contribution in [0.2, 0.25) is 0 Å². The normalized spacial score (nSPS) is 17.1. The van der Waals surface area contributed by atoms with Crippen molar-refractivity contribution in [2.24, 2.45) is 0 Å². The van der Waals surface area contributed by atoms with E-state index < -0.39 is 0 Å². The van der Waals surface area contributed by atoms with Gasteiger partial charge in [-0.25, -0.2) is 4.98 Å². The van der Waals surface area contributed by atoms with Crippen molar-refractivity contribution >= 4 is 46.4 Å². The molecule has 3 N–H and O–H groups in total. The van der Waals surface area contributed by atoms with Crippen LogP contribution in [0.15, 0.2) is 24.9 Å². The van der Waals surface area contributed by atoms with E-state index in [-0.39, 0.29) is 0 Å². The Balaban J connectivity index is 2.26. The lowest BCUT2D eigenvalue weighted by Gasteiger charge is -2.36. The second kappa shape index (κ2) is 9.10. The first-order valence-electron chi connectivity index (χ1n) is 9.58. The highest BCUT2D eigenvalue weighted by Gasteiger charge is 2.26. The Morgan fingerprint density at radius 2 is 2.25 bits per heavy atom. The zero-order valence-electron chi connectivity index (χ0n) is 16.7. The number of H-pyrrole nitrogens is 1. The molecule has 3 rings (SSSR count). The Morgan fingerprint density at radius 3 is 2.86 bits per heavy atom. The van der Waals surface area contributed by atoms with Gasteiger partial charge in [-0.3, -0.25) is 5.10 Å². The molecule has 0 bridgehead atoms. The maximum atomic E-state index is 8.08. The summed E-state index contributed by atoms with van der Waals surface area (Å²) in [4.78, 5) is 8.31. The van der Waals surface area contributed by atoms with Gasteiger partial charge in [0.15, 0.2) is 5.82 Å². The van der Waals surface area contributed by atoms with Crippen molar-refractivity contribution in [2.45, 2.75) is 39.2 Å². The van der Waals surface area contributed by atoms with E-state index in [1.165, 1.54) is 12.6 Å². The van der Waals surface area contributed by atoms with Gasteiger partial charge in [-0.15, -0.1) is 11.8 Å². The minimum absolute atomic E-state index is 0.421. The largest absolute Gasteiger partial charge is 0.353 e. The standard InChI is InChI=1S/C21H28N6S/c1-5-8-16-19(15(3)28-4)17(13-22)20(24-18-10-11-23-26-18)25-21(16)27-12-7-6-9-14(27)2/h5,8,10-11,13-14,22H,3,6-7,9,12H2,1-2,4H3,(H2,23,24,25,26)/b8-5-,22-13?. The van der Waals surface area contributed by atoms with Crippen LogP contribution in [0, 0.1) is 5.41 Å². The molecule has 1 aliphatic heterocycles. The van der Waals surface area contributed by atoms with E-state index in [1.807, 2.05) is 25.3 Å². The smallest absolute Gasteiger partial charge is 0.153 e. The minimum Gasteiger partial charge on any atom is -0.353 e. The van der Waals surface area contributed by atoms with Crippen LogP contribution < -0.4 is 10.2 Å². The molecule has 0 aromatic carbocycles. The van der Waals surface area contributed by atoms with Crippen LogP contribution in [0.4, 0.5) is 17.5 Å². The maximum absolute atomic E-state index is 8.08. The van der Waals surface area contributed by atoms with Crippen LogP contribution in [-0.2, 0) is 0 Å². The van der Waals surface area contributed by atoms with Crippen molar-refractivity contribution in [1.29, 1.82) is 5.41 Å². The lowest BCUT2D eigenvalue weighted by atomic mass is 9.98. The number of allylic oxidation sites excluding steroid dienone is 1. The summed E-state index contributed by atoms with van der Waals surface area (Å²) in [6.07, 6.45) is 12.8. The van der Waals surface area contributed by atoms with E-state index >= 15 is 0 Å². The van der Waals surface area contributed by atoms with Crippen molar-refractivity contribution in [2.75, 3.05) is 23.0 Å². The summed E-state index contributed by atoms with van der Waals surface area (Å²) in [5.41, 5.74) is 2.71. The highest BCUT2D eigenvalue weighted by atomic mass is 32.2. The molecule has 28 heavy (non-hydrogen) atoms. The molecule has 0 spiro atoms. The Hall–Kier alpha value is -2.54. The summed E-state index contributed by atoms with van der Waals surface area (Å²) in [6, 6.07) is 2.27. The van der Waals surface area contributed by atoms with Gasteiger partial charge in [0.1, 0.15) is 11.6 Å². The van der Waals surface area contributed by atoms with Gasteiger partial charge in [-0.2, -0.15) is 5.10 Å². The molecule has 3 heterocycles. The van der Waals surface area contributed by atoms with Crippen LogP contribution >= 0.6 is 11.8 Å². The lowest BCUT2D eigenvalue weighted by Crippen LogP contribution is -2.38. The summed E-state index contributed by atoms with van der Waals surface area (Å²) >= 11 is 1.59. The van der Waals surface area contributed by atoms with E-state index in [9.17, 15) is 0 Å². The van der Waals surface area contributed by atoms with Gasteiger partial charge in [0, 0.05) is 52.7 Å². The quantitative estimate of drug-likeness (QED) is 0.554. The number of nitrogens with zero attached hydrogens (tertiary/aromatic N) is 3. The topological polar surface area (TPSA) is 80.7 Å². The van der Waals surface area contributed by atoms with Gasteiger partial charge in [0.05, 0.1) is 0 Å². The summed E-state index contributed by atoms with van der Waals surface area (Å²) in [5.74, 6) is 2.25. The van der Waals surface area contributed by atoms with Crippen molar-refractivity contribution in [3.05, 3.63) is 41.6 Å². The number of hydrogen-bond acceptors (Lipinski definition) is 6. The number of pyridine rings is 1. The van der Waals surface area contributed by atoms with Crippen LogP contribution in [-0.4, -0.2) is 40.2 Å². The molecule has 1 fully saturated rings. The summed E-state index contributed by atoms with van der Waals surface area (Å²) < 4.78 is 0. The van der Waals surface area contributed by atoms with Gasteiger partial charge < -0.3 is 15.6 Å². The van der Waals surface area contributed by atoms with Crippen LogP contribution in [0.5, 0.6) is 0 Å². The van der Waals surface area contributed by atoms with Crippen LogP contribution in [0.25, 0.3) is 11.0 Å². The average Bonchev–Trinajstić information content (AvgIpc) is 3.21. The molecule has 1 saturated heterocycles. The number of aromatic amines is 1. The fourth-order valence-corrected chi connectivity index (χ4v) is 4.07. The van der Waals surface area contributed by atoms with Gasteiger partial charge >= 0.3 is 0 Å².